The molecule has 4 aliphatic carbocycles. The third-order valence-corrected chi connectivity index (χ3v) is 8.00. The fraction of sp³-hybridized carbons (Fsp3) is 0.542. The van der Waals surface area contributed by atoms with Gasteiger partial charge in [-0.15, -0.1) is 11.3 Å². The number of amides is 2. The first-order valence-corrected chi connectivity index (χ1v) is 11.9. The van der Waals surface area contributed by atoms with Crippen LogP contribution in [0.5, 0.6) is 0 Å². The van der Waals surface area contributed by atoms with E-state index in [0.29, 0.717) is 6.42 Å². The Bertz CT molecular complexity index is 914. The molecule has 5 nitrogen and oxygen atoms in total. The second-order valence-electron chi connectivity index (χ2n) is 9.75. The lowest BCUT2D eigenvalue weighted by atomic mass is 9.49. The van der Waals surface area contributed by atoms with Crippen LogP contribution < -0.4 is 10.6 Å². The topological polar surface area (TPSA) is 71.1 Å². The number of rotatable bonds is 6. The first-order valence-electron chi connectivity index (χ1n) is 11.1. The fourth-order valence-corrected chi connectivity index (χ4v) is 7.14. The van der Waals surface area contributed by atoms with Crippen LogP contribution in [0.3, 0.4) is 0 Å². The van der Waals surface area contributed by atoms with Gasteiger partial charge in [0, 0.05) is 23.1 Å². The van der Waals surface area contributed by atoms with Crippen LogP contribution in [-0.2, 0) is 9.59 Å². The van der Waals surface area contributed by atoms with E-state index in [-0.39, 0.29) is 23.8 Å². The van der Waals surface area contributed by atoms with Gasteiger partial charge in [0.2, 0.25) is 11.8 Å². The third-order valence-electron chi connectivity index (χ3n) is 7.23. The van der Waals surface area contributed by atoms with Crippen molar-refractivity contribution in [1.29, 1.82) is 0 Å². The number of hydrogen-bond acceptors (Lipinski definition) is 4. The fourth-order valence-electron chi connectivity index (χ4n) is 6.51. The first-order chi connectivity index (χ1) is 14.5. The molecule has 2 N–H and O–H groups in total. The molecule has 0 atom stereocenters. The first kappa shape index (κ1) is 19.7. The molecule has 4 saturated carbocycles. The smallest absolute Gasteiger partial charge is 0.243 e. The van der Waals surface area contributed by atoms with Crippen molar-refractivity contribution in [1.82, 2.24) is 10.3 Å². The number of carbonyl (C=O) groups excluding carboxylic acids is 2. The molecular formula is C24H29N3O2S. The molecular weight excluding hydrogens is 394 g/mol. The van der Waals surface area contributed by atoms with Crippen LogP contribution in [0.1, 0.15) is 50.0 Å². The van der Waals surface area contributed by atoms with Crippen LogP contribution >= 0.6 is 11.3 Å². The summed E-state index contributed by atoms with van der Waals surface area (Å²) >= 11 is 1.62. The van der Waals surface area contributed by atoms with Gasteiger partial charge in [-0.25, -0.2) is 4.98 Å². The molecule has 4 bridgehead atoms. The van der Waals surface area contributed by atoms with Gasteiger partial charge < -0.3 is 10.6 Å². The standard InChI is InChI=1S/C24H29N3O2S/c1-15-26-21(14-30-15)19-2-4-20(5-3-19)27-23(29)13-25-22(28)12-24-9-16-6-17(10-24)8-18(7-16)11-24/h2-5,14,16-18H,6-13H2,1H3,(H,25,28)(H,27,29). The number of nitrogens with one attached hydrogen (secondary N) is 2. The molecule has 2 aromatic rings. The molecule has 0 unspecified atom stereocenters. The Morgan fingerprint density at radius 2 is 1.67 bits per heavy atom. The van der Waals surface area contributed by atoms with Crippen LogP contribution in [0.15, 0.2) is 29.6 Å². The van der Waals surface area contributed by atoms with E-state index in [1.807, 2.05) is 36.6 Å². The molecule has 6 rings (SSSR count). The van der Waals surface area contributed by atoms with Gasteiger partial charge >= 0.3 is 0 Å². The lowest BCUT2D eigenvalue weighted by Crippen LogP contribution is -2.48. The van der Waals surface area contributed by atoms with Gasteiger partial charge in [-0.1, -0.05) is 12.1 Å². The van der Waals surface area contributed by atoms with Gasteiger partial charge in [-0.2, -0.15) is 0 Å². The largest absolute Gasteiger partial charge is 0.347 e. The summed E-state index contributed by atoms with van der Waals surface area (Å²) in [5, 5.41) is 8.79. The third kappa shape index (κ3) is 4.15. The minimum atomic E-state index is -0.189. The molecule has 30 heavy (non-hydrogen) atoms. The summed E-state index contributed by atoms with van der Waals surface area (Å²) in [4.78, 5) is 29.4. The van der Waals surface area contributed by atoms with E-state index in [1.54, 1.807) is 11.3 Å². The van der Waals surface area contributed by atoms with Gasteiger partial charge in [-0.05, 0) is 80.8 Å². The molecule has 2 amide bonds. The minimum Gasteiger partial charge on any atom is -0.347 e. The highest BCUT2D eigenvalue weighted by Crippen LogP contribution is 2.61. The second kappa shape index (κ2) is 7.80. The van der Waals surface area contributed by atoms with Crippen molar-refractivity contribution < 1.29 is 9.59 Å². The molecule has 0 saturated heterocycles. The summed E-state index contributed by atoms with van der Waals surface area (Å²) in [6.07, 6.45) is 8.36. The zero-order valence-electron chi connectivity index (χ0n) is 17.4. The van der Waals surface area contributed by atoms with E-state index < -0.39 is 0 Å². The number of aromatic nitrogens is 1. The lowest BCUT2D eigenvalue weighted by molar-refractivity contribution is -0.131. The summed E-state index contributed by atoms with van der Waals surface area (Å²) in [6, 6.07) is 7.66. The van der Waals surface area contributed by atoms with Gasteiger partial charge in [-0.3, -0.25) is 9.59 Å². The summed E-state index contributed by atoms with van der Waals surface area (Å²) in [7, 11) is 0. The molecule has 158 valence electrons. The van der Waals surface area contributed by atoms with Gasteiger partial charge in [0.1, 0.15) is 0 Å². The highest BCUT2D eigenvalue weighted by molar-refractivity contribution is 7.09. The van der Waals surface area contributed by atoms with Crippen LogP contribution in [0, 0.1) is 30.1 Å². The van der Waals surface area contributed by atoms with Crippen LogP contribution in [-0.4, -0.2) is 23.3 Å². The Kier molecular flexibility index (Phi) is 5.13. The quantitative estimate of drug-likeness (QED) is 0.702. The van der Waals surface area contributed by atoms with Crippen LogP contribution in [0.25, 0.3) is 11.3 Å². The van der Waals surface area contributed by atoms with E-state index in [9.17, 15) is 9.59 Å². The molecule has 0 radical (unpaired) electrons. The Morgan fingerprint density at radius 3 is 2.23 bits per heavy atom. The predicted molar refractivity (Wildman–Crippen MR) is 119 cm³/mol. The SMILES string of the molecule is Cc1nc(-c2ccc(NC(=O)CNC(=O)CC34CC5CC(CC(C5)C3)C4)cc2)cs1. The highest BCUT2D eigenvalue weighted by atomic mass is 32.1. The number of nitrogens with zero attached hydrogens (tertiary/aromatic N) is 1. The van der Waals surface area contributed by atoms with E-state index in [2.05, 4.69) is 15.6 Å². The summed E-state index contributed by atoms with van der Waals surface area (Å²) in [6.45, 7) is 2.01. The molecule has 0 spiro atoms. The van der Waals surface area contributed by atoms with Crippen molar-refractivity contribution in [3.63, 3.8) is 0 Å². The molecule has 1 aromatic heterocycles. The molecule has 4 fully saturated rings. The molecule has 6 heteroatoms. The summed E-state index contributed by atoms with van der Waals surface area (Å²) in [5.41, 5.74) is 2.92. The van der Waals surface area contributed by atoms with E-state index >= 15 is 0 Å². The second-order valence-corrected chi connectivity index (χ2v) is 10.8. The summed E-state index contributed by atoms with van der Waals surface area (Å²) in [5.74, 6) is 2.35. The predicted octanol–water partition coefficient (Wildman–Crippen LogP) is 4.78. The zero-order chi connectivity index (χ0) is 20.7. The normalized spacial score (nSPS) is 29.0. The van der Waals surface area contributed by atoms with E-state index in [4.69, 9.17) is 0 Å². The number of hydrogen-bond donors (Lipinski definition) is 2. The molecule has 1 heterocycles. The highest BCUT2D eigenvalue weighted by Gasteiger charge is 2.51. The number of aryl methyl sites for hydroxylation is 1. The Labute approximate surface area is 181 Å². The van der Waals surface area contributed by atoms with Crippen molar-refractivity contribution in [3.8, 4) is 11.3 Å². The van der Waals surface area contributed by atoms with E-state index in [0.717, 1.165) is 39.7 Å². The van der Waals surface area contributed by atoms with Crippen molar-refractivity contribution in [2.75, 3.05) is 11.9 Å². The number of thiazole rings is 1. The maximum absolute atomic E-state index is 12.6. The summed E-state index contributed by atoms with van der Waals surface area (Å²) < 4.78 is 0. The molecule has 4 aliphatic rings. The Morgan fingerprint density at radius 1 is 1.03 bits per heavy atom. The number of carbonyl (C=O) groups is 2. The number of anilines is 1. The zero-order valence-corrected chi connectivity index (χ0v) is 18.3. The lowest BCUT2D eigenvalue weighted by Gasteiger charge is -2.56. The Balaban J connectivity index is 1.11. The molecule has 1 aromatic carbocycles. The average molecular weight is 424 g/mol. The number of benzene rings is 1. The van der Waals surface area contributed by atoms with Crippen molar-refractivity contribution >= 4 is 28.8 Å². The monoisotopic (exact) mass is 423 g/mol. The molecule has 0 aliphatic heterocycles. The van der Waals surface area contributed by atoms with Crippen molar-refractivity contribution in [2.45, 2.75) is 51.9 Å². The van der Waals surface area contributed by atoms with Crippen LogP contribution in [0.2, 0.25) is 0 Å². The minimum absolute atomic E-state index is 0.0260. The van der Waals surface area contributed by atoms with Crippen molar-refractivity contribution in [3.05, 3.63) is 34.7 Å². The van der Waals surface area contributed by atoms with Crippen LogP contribution in [0.4, 0.5) is 5.69 Å². The van der Waals surface area contributed by atoms with E-state index in [1.165, 1.54) is 38.5 Å². The average Bonchev–Trinajstić information content (AvgIpc) is 3.12. The maximum atomic E-state index is 12.6. The van der Waals surface area contributed by atoms with Crippen molar-refractivity contribution in [2.24, 2.45) is 23.2 Å². The Hall–Kier alpha value is -2.21. The maximum Gasteiger partial charge on any atom is 0.243 e. The van der Waals surface area contributed by atoms with Gasteiger partial charge in [0.05, 0.1) is 17.2 Å². The van der Waals surface area contributed by atoms with Gasteiger partial charge in [0.25, 0.3) is 0 Å². The van der Waals surface area contributed by atoms with Gasteiger partial charge in [0.15, 0.2) is 0 Å².